The van der Waals surface area contributed by atoms with Crippen LogP contribution in [0.1, 0.15) is 10.4 Å². The van der Waals surface area contributed by atoms with Gasteiger partial charge in [0.15, 0.2) is 0 Å². The Hall–Kier alpha value is -4.46. The number of carbonyl (C=O) groups excluding carboxylic acids is 1. The number of fused-ring (bicyclic) bond motifs is 1. The van der Waals surface area contributed by atoms with Gasteiger partial charge in [-0.3, -0.25) is 4.79 Å². The number of benzene rings is 3. The second kappa shape index (κ2) is 9.19. The van der Waals surface area contributed by atoms with Crippen molar-refractivity contribution in [3.63, 3.8) is 0 Å². The van der Waals surface area contributed by atoms with Crippen LogP contribution in [0.4, 0.5) is 8.78 Å². The number of carbonyl (C=O) groups is 1. The summed E-state index contributed by atoms with van der Waals surface area (Å²) in [6.07, 6.45) is 5.20. The van der Waals surface area contributed by atoms with Crippen molar-refractivity contribution >= 4 is 16.9 Å². The second-order valence-corrected chi connectivity index (χ2v) is 7.69. The van der Waals surface area contributed by atoms with Gasteiger partial charge in [-0.2, -0.15) is 0 Å². The first-order valence-corrected chi connectivity index (χ1v) is 10.6. The quantitative estimate of drug-likeness (QED) is 0.397. The molecule has 0 bridgehead atoms. The topological polar surface area (TPSA) is 72.7 Å². The molecule has 0 aliphatic heterocycles. The fraction of sp³-hybridized carbons (Fsp3) is 0.0769. The molecule has 0 radical (unpaired) electrons. The Balaban J connectivity index is 1.51. The third-order valence-corrected chi connectivity index (χ3v) is 5.38. The summed E-state index contributed by atoms with van der Waals surface area (Å²) in [4.78, 5) is 26.2. The number of hydrogen-bond acceptors (Lipinski definition) is 4. The lowest BCUT2D eigenvalue weighted by atomic mass is 10.0. The van der Waals surface area contributed by atoms with E-state index in [4.69, 9.17) is 9.97 Å². The fourth-order valence-corrected chi connectivity index (χ4v) is 3.63. The first-order chi connectivity index (χ1) is 16.6. The molecule has 0 aliphatic carbocycles. The van der Waals surface area contributed by atoms with E-state index in [0.29, 0.717) is 52.2 Å². The fourth-order valence-electron chi connectivity index (χ4n) is 3.63. The maximum absolute atomic E-state index is 13.5. The Morgan fingerprint density at radius 2 is 1.44 bits per heavy atom. The van der Waals surface area contributed by atoms with E-state index in [1.807, 2.05) is 10.8 Å². The summed E-state index contributed by atoms with van der Waals surface area (Å²) in [6.45, 7) is 1.05. The molecular weight excluding hydrogens is 436 g/mol. The Kier molecular flexibility index (Phi) is 5.78. The number of imidazole rings is 1. The minimum absolute atomic E-state index is 0.227. The van der Waals surface area contributed by atoms with Crippen LogP contribution in [-0.4, -0.2) is 32.0 Å². The van der Waals surface area contributed by atoms with Crippen molar-refractivity contribution in [1.29, 1.82) is 0 Å². The zero-order valence-corrected chi connectivity index (χ0v) is 18.0. The molecule has 5 rings (SSSR count). The molecule has 3 aromatic carbocycles. The van der Waals surface area contributed by atoms with Crippen molar-refractivity contribution in [2.24, 2.45) is 0 Å². The zero-order chi connectivity index (χ0) is 23.5. The molecule has 0 saturated heterocycles. The van der Waals surface area contributed by atoms with E-state index in [1.54, 1.807) is 55.0 Å². The maximum Gasteiger partial charge on any atom is 0.251 e. The van der Waals surface area contributed by atoms with Crippen LogP contribution < -0.4 is 5.32 Å². The highest BCUT2D eigenvalue weighted by Crippen LogP contribution is 2.31. The highest BCUT2D eigenvalue weighted by molar-refractivity contribution is 5.98. The molecule has 5 aromatic rings. The molecule has 0 atom stereocenters. The normalized spacial score (nSPS) is 11.0. The van der Waals surface area contributed by atoms with E-state index in [1.165, 1.54) is 24.3 Å². The molecular formula is C26H19F2N5O. The minimum atomic E-state index is -0.365. The van der Waals surface area contributed by atoms with E-state index in [9.17, 15) is 13.6 Å². The van der Waals surface area contributed by atoms with Gasteiger partial charge in [-0.15, -0.1) is 0 Å². The van der Waals surface area contributed by atoms with Gasteiger partial charge in [0.05, 0.1) is 28.7 Å². The Morgan fingerprint density at radius 3 is 2.03 bits per heavy atom. The van der Waals surface area contributed by atoms with Crippen molar-refractivity contribution < 1.29 is 13.6 Å². The number of amides is 1. The van der Waals surface area contributed by atoms with Gasteiger partial charge in [0, 0.05) is 42.2 Å². The molecule has 0 fully saturated rings. The van der Waals surface area contributed by atoms with Gasteiger partial charge in [-0.1, -0.05) is 0 Å². The van der Waals surface area contributed by atoms with Crippen LogP contribution in [0.25, 0.3) is 33.5 Å². The number of rotatable bonds is 6. The third kappa shape index (κ3) is 4.52. The van der Waals surface area contributed by atoms with Crippen LogP contribution in [0.15, 0.2) is 85.5 Å². The lowest BCUT2D eigenvalue weighted by Gasteiger charge is -2.12. The second-order valence-electron chi connectivity index (χ2n) is 7.69. The number of halogens is 2. The monoisotopic (exact) mass is 455 g/mol. The van der Waals surface area contributed by atoms with Gasteiger partial charge in [-0.05, 0) is 66.7 Å². The highest BCUT2D eigenvalue weighted by atomic mass is 19.1. The van der Waals surface area contributed by atoms with E-state index >= 15 is 0 Å². The van der Waals surface area contributed by atoms with Crippen LogP contribution in [0.2, 0.25) is 0 Å². The molecule has 2 aromatic heterocycles. The molecule has 0 saturated carbocycles. The lowest BCUT2D eigenvalue weighted by Crippen LogP contribution is -2.26. The largest absolute Gasteiger partial charge is 0.350 e. The highest BCUT2D eigenvalue weighted by Gasteiger charge is 2.15. The summed E-state index contributed by atoms with van der Waals surface area (Å²) in [5.74, 6) is -0.949. The van der Waals surface area contributed by atoms with Crippen molar-refractivity contribution in [2.45, 2.75) is 6.54 Å². The summed E-state index contributed by atoms with van der Waals surface area (Å²) >= 11 is 0. The average Bonchev–Trinajstić information content (AvgIpc) is 3.37. The van der Waals surface area contributed by atoms with Gasteiger partial charge in [0.25, 0.3) is 5.91 Å². The molecule has 0 unspecified atom stereocenters. The first-order valence-electron chi connectivity index (χ1n) is 10.6. The van der Waals surface area contributed by atoms with Crippen molar-refractivity contribution in [2.75, 3.05) is 6.54 Å². The standard InChI is InChI=1S/C26H19F2N5O/c27-20-6-1-17(2-7-20)24-25(18-3-8-21(28)9-4-18)32-23-15-19(5-10-22(23)31-24)26(34)30-12-14-33-13-11-29-16-33/h1-11,13,15-16H,12,14H2,(H,30,34). The molecule has 8 heteroatoms. The van der Waals surface area contributed by atoms with Crippen molar-refractivity contribution in [3.8, 4) is 22.5 Å². The summed E-state index contributed by atoms with van der Waals surface area (Å²) < 4.78 is 28.9. The molecule has 1 amide bonds. The molecule has 0 spiro atoms. The van der Waals surface area contributed by atoms with Crippen LogP contribution >= 0.6 is 0 Å². The Morgan fingerprint density at radius 1 is 0.824 bits per heavy atom. The van der Waals surface area contributed by atoms with Crippen LogP contribution in [0.3, 0.4) is 0 Å². The van der Waals surface area contributed by atoms with Gasteiger partial charge < -0.3 is 9.88 Å². The van der Waals surface area contributed by atoms with Gasteiger partial charge in [0.1, 0.15) is 11.6 Å². The summed E-state index contributed by atoms with van der Waals surface area (Å²) in [5, 5.41) is 2.88. The number of nitrogens with zero attached hydrogens (tertiary/aromatic N) is 4. The summed E-state index contributed by atoms with van der Waals surface area (Å²) in [5.41, 5.74) is 3.94. The number of hydrogen-bond donors (Lipinski definition) is 1. The van der Waals surface area contributed by atoms with Gasteiger partial charge in [0.2, 0.25) is 0 Å². The summed E-state index contributed by atoms with van der Waals surface area (Å²) in [6, 6.07) is 17.0. The molecule has 6 nitrogen and oxygen atoms in total. The van der Waals surface area contributed by atoms with Crippen LogP contribution in [-0.2, 0) is 6.54 Å². The smallest absolute Gasteiger partial charge is 0.251 e. The zero-order valence-electron chi connectivity index (χ0n) is 18.0. The molecule has 168 valence electrons. The predicted octanol–water partition coefficient (Wildman–Crippen LogP) is 4.87. The van der Waals surface area contributed by atoms with Crippen molar-refractivity contribution in [1.82, 2.24) is 24.8 Å². The minimum Gasteiger partial charge on any atom is -0.350 e. The Bertz CT molecular complexity index is 1450. The van der Waals surface area contributed by atoms with E-state index in [0.717, 1.165) is 0 Å². The average molecular weight is 455 g/mol. The molecule has 2 heterocycles. The van der Waals surface area contributed by atoms with Crippen molar-refractivity contribution in [3.05, 3.63) is 103 Å². The first kappa shape index (κ1) is 21.4. The third-order valence-electron chi connectivity index (χ3n) is 5.38. The predicted molar refractivity (Wildman–Crippen MR) is 125 cm³/mol. The summed E-state index contributed by atoms with van der Waals surface area (Å²) in [7, 11) is 0. The molecule has 34 heavy (non-hydrogen) atoms. The maximum atomic E-state index is 13.5. The van der Waals surface area contributed by atoms with E-state index < -0.39 is 0 Å². The SMILES string of the molecule is O=C(NCCn1ccnc1)c1ccc2nc(-c3ccc(F)cc3)c(-c3ccc(F)cc3)nc2c1. The van der Waals surface area contributed by atoms with Crippen LogP contribution in [0, 0.1) is 11.6 Å². The Labute approximate surface area is 193 Å². The number of nitrogens with one attached hydrogen (secondary N) is 1. The van der Waals surface area contributed by atoms with E-state index in [-0.39, 0.29) is 17.5 Å². The van der Waals surface area contributed by atoms with E-state index in [2.05, 4.69) is 10.3 Å². The van der Waals surface area contributed by atoms with Crippen LogP contribution in [0.5, 0.6) is 0 Å². The van der Waals surface area contributed by atoms with Gasteiger partial charge >= 0.3 is 0 Å². The van der Waals surface area contributed by atoms with Gasteiger partial charge in [-0.25, -0.2) is 23.7 Å². The molecule has 1 N–H and O–H groups in total. The number of aromatic nitrogens is 4. The lowest BCUT2D eigenvalue weighted by molar-refractivity contribution is 0.0952. The molecule has 0 aliphatic rings.